The van der Waals surface area contributed by atoms with Gasteiger partial charge in [0.25, 0.3) is 0 Å². The summed E-state index contributed by atoms with van der Waals surface area (Å²) in [7, 11) is 1.84. The van der Waals surface area contributed by atoms with E-state index in [1.807, 2.05) is 19.2 Å². The van der Waals surface area contributed by atoms with Crippen LogP contribution in [-0.4, -0.2) is 57.2 Å². The van der Waals surface area contributed by atoms with Crippen LogP contribution in [0.1, 0.15) is 12.0 Å². The maximum Gasteiger partial charge on any atom is 0.225 e. The van der Waals surface area contributed by atoms with Gasteiger partial charge in [-0.25, -0.2) is 0 Å². The highest BCUT2D eigenvalue weighted by atomic mass is 35.5. The largest absolute Gasteiger partial charge is 0.379 e. The summed E-state index contributed by atoms with van der Waals surface area (Å²) in [5, 5.41) is 5.87. The van der Waals surface area contributed by atoms with E-state index in [-0.39, 0.29) is 30.7 Å². The van der Waals surface area contributed by atoms with Crippen LogP contribution >= 0.6 is 24.8 Å². The zero-order valence-electron chi connectivity index (χ0n) is 13.5. The van der Waals surface area contributed by atoms with Crippen LogP contribution in [0.4, 0.5) is 5.69 Å². The van der Waals surface area contributed by atoms with E-state index in [0.717, 1.165) is 45.0 Å². The highest BCUT2D eigenvalue weighted by Crippen LogP contribution is 2.11. The molecule has 1 fully saturated rings. The molecule has 0 aliphatic carbocycles. The molecule has 1 aromatic rings. The average Bonchev–Trinajstić information content (AvgIpc) is 2.53. The van der Waals surface area contributed by atoms with Crippen molar-refractivity contribution in [2.24, 2.45) is 0 Å². The van der Waals surface area contributed by atoms with Crippen LogP contribution in [0.15, 0.2) is 24.3 Å². The molecule has 0 atom stereocenters. The summed E-state index contributed by atoms with van der Waals surface area (Å²) in [5.41, 5.74) is 2.17. The number of amides is 1. The van der Waals surface area contributed by atoms with Crippen molar-refractivity contribution in [2.75, 3.05) is 51.8 Å². The first-order valence-corrected chi connectivity index (χ1v) is 7.61. The Bertz CT molecular complexity index is 437. The normalized spacial score (nSPS) is 14.5. The van der Waals surface area contributed by atoms with E-state index in [1.54, 1.807) is 0 Å². The van der Waals surface area contributed by atoms with Gasteiger partial charge in [-0.2, -0.15) is 0 Å². The summed E-state index contributed by atoms with van der Waals surface area (Å²) >= 11 is 0. The maximum absolute atomic E-state index is 11.6. The van der Waals surface area contributed by atoms with E-state index >= 15 is 0 Å². The molecule has 0 saturated carbocycles. The smallest absolute Gasteiger partial charge is 0.225 e. The zero-order valence-corrected chi connectivity index (χ0v) is 15.2. The number of ether oxygens (including phenoxy) is 1. The first-order chi connectivity index (χ1) is 10.3. The predicted molar refractivity (Wildman–Crippen MR) is 99.1 cm³/mol. The lowest BCUT2D eigenvalue weighted by molar-refractivity contribution is -0.116. The van der Waals surface area contributed by atoms with Gasteiger partial charge >= 0.3 is 0 Å². The lowest BCUT2D eigenvalue weighted by Crippen LogP contribution is -2.37. The molecule has 1 amide bonds. The van der Waals surface area contributed by atoms with Crippen LogP contribution in [-0.2, 0) is 16.0 Å². The Kier molecular flexibility index (Phi) is 12.1. The van der Waals surface area contributed by atoms with Crippen molar-refractivity contribution in [1.82, 2.24) is 10.2 Å². The highest BCUT2D eigenvalue weighted by Gasteiger charge is 2.09. The molecule has 2 N–H and O–H groups in total. The van der Waals surface area contributed by atoms with Crippen molar-refractivity contribution < 1.29 is 9.53 Å². The molecular formula is C16H27Cl2N3O2. The van der Waals surface area contributed by atoms with Gasteiger partial charge in [-0.1, -0.05) is 12.1 Å². The lowest BCUT2D eigenvalue weighted by atomic mass is 10.1. The van der Waals surface area contributed by atoms with Crippen molar-refractivity contribution >= 4 is 36.4 Å². The van der Waals surface area contributed by atoms with Crippen molar-refractivity contribution in [2.45, 2.75) is 12.8 Å². The quantitative estimate of drug-likeness (QED) is 0.777. The van der Waals surface area contributed by atoms with E-state index in [4.69, 9.17) is 4.74 Å². The number of rotatable bonds is 7. The standard InChI is InChI=1S/C16H25N3O2.2ClH/c1-17-8-6-16(20)18-15-4-2-14(3-5-15)7-9-19-10-12-21-13-11-19;;/h2-5,17H,6-13H2,1H3,(H,18,20);2*1H. The second kappa shape index (κ2) is 12.6. The van der Waals surface area contributed by atoms with Gasteiger partial charge < -0.3 is 15.4 Å². The first kappa shape index (κ1) is 22.1. The summed E-state index contributed by atoms with van der Waals surface area (Å²) in [6.07, 6.45) is 1.53. The topological polar surface area (TPSA) is 53.6 Å². The minimum Gasteiger partial charge on any atom is -0.379 e. The number of hydrogen-bond acceptors (Lipinski definition) is 4. The van der Waals surface area contributed by atoms with Crippen molar-refractivity contribution in [3.63, 3.8) is 0 Å². The number of hydrogen-bond donors (Lipinski definition) is 2. The van der Waals surface area contributed by atoms with Gasteiger partial charge in [0.1, 0.15) is 0 Å². The van der Waals surface area contributed by atoms with Crippen LogP contribution < -0.4 is 10.6 Å². The molecular weight excluding hydrogens is 337 g/mol. The Labute approximate surface area is 151 Å². The predicted octanol–water partition coefficient (Wildman–Crippen LogP) is 1.95. The van der Waals surface area contributed by atoms with E-state index in [1.165, 1.54) is 5.56 Å². The summed E-state index contributed by atoms with van der Waals surface area (Å²) in [6.45, 7) is 5.51. The number of carbonyl (C=O) groups excluding carboxylic acids is 1. The van der Waals surface area contributed by atoms with Crippen LogP contribution in [0.25, 0.3) is 0 Å². The van der Waals surface area contributed by atoms with Gasteiger partial charge in [0, 0.05) is 38.3 Å². The number of carbonyl (C=O) groups is 1. The van der Waals surface area contributed by atoms with E-state index < -0.39 is 0 Å². The molecule has 0 bridgehead atoms. The molecule has 0 unspecified atom stereocenters. The Morgan fingerprint density at radius 3 is 2.43 bits per heavy atom. The van der Waals surface area contributed by atoms with Gasteiger partial charge in [0.05, 0.1) is 13.2 Å². The summed E-state index contributed by atoms with van der Waals surface area (Å²) in [5.74, 6) is 0.0467. The van der Waals surface area contributed by atoms with Crippen LogP contribution in [0.3, 0.4) is 0 Å². The van der Waals surface area contributed by atoms with Gasteiger partial charge in [0.2, 0.25) is 5.91 Å². The molecule has 0 radical (unpaired) electrons. The zero-order chi connectivity index (χ0) is 14.9. The third-order valence-electron chi connectivity index (χ3n) is 3.66. The van der Waals surface area contributed by atoms with Crippen molar-refractivity contribution in [3.05, 3.63) is 29.8 Å². The second-order valence-electron chi connectivity index (χ2n) is 5.30. The van der Waals surface area contributed by atoms with Crippen molar-refractivity contribution in [1.29, 1.82) is 0 Å². The number of morpholine rings is 1. The molecule has 0 spiro atoms. The van der Waals surface area contributed by atoms with E-state index in [2.05, 4.69) is 27.7 Å². The van der Waals surface area contributed by atoms with Gasteiger partial charge in [-0.15, -0.1) is 24.8 Å². The minimum atomic E-state index is 0. The van der Waals surface area contributed by atoms with E-state index in [9.17, 15) is 4.79 Å². The highest BCUT2D eigenvalue weighted by molar-refractivity contribution is 5.90. The minimum absolute atomic E-state index is 0. The van der Waals surface area contributed by atoms with Crippen molar-refractivity contribution in [3.8, 4) is 0 Å². The number of nitrogens with zero attached hydrogens (tertiary/aromatic N) is 1. The SMILES string of the molecule is CNCCC(=O)Nc1ccc(CCN2CCOCC2)cc1.Cl.Cl. The van der Waals surface area contributed by atoms with Gasteiger partial charge in [-0.05, 0) is 31.2 Å². The van der Waals surface area contributed by atoms with Gasteiger partial charge in [0.15, 0.2) is 0 Å². The molecule has 1 aliphatic heterocycles. The fourth-order valence-electron chi connectivity index (χ4n) is 2.33. The Balaban J connectivity index is 0.00000242. The molecule has 0 aromatic heterocycles. The molecule has 1 aromatic carbocycles. The Hall–Kier alpha value is -0.850. The van der Waals surface area contributed by atoms with E-state index in [0.29, 0.717) is 13.0 Å². The Morgan fingerprint density at radius 2 is 1.83 bits per heavy atom. The van der Waals surface area contributed by atoms with Crippen LogP contribution in [0.2, 0.25) is 0 Å². The molecule has 1 saturated heterocycles. The molecule has 132 valence electrons. The molecule has 1 heterocycles. The number of nitrogens with one attached hydrogen (secondary N) is 2. The summed E-state index contributed by atoms with van der Waals surface area (Å²) < 4.78 is 5.35. The molecule has 23 heavy (non-hydrogen) atoms. The third kappa shape index (κ3) is 8.53. The summed E-state index contributed by atoms with van der Waals surface area (Å²) in [6, 6.07) is 8.14. The fraction of sp³-hybridized carbons (Fsp3) is 0.562. The average molecular weight is 364 g/mol. The molecule has 2 rings (SSSR count). The second-order valence-corrected chi connectivity index (χ2v) is 5.30. The monoisotopic (exact) mass is 363 g/mol. The first-order valence-electron chi connectivity index (χ1n) is 7.61. The van der Waals surface area contributed by atoms with Gasteiger partial charge in [-0.3, -0.25) is 9.69 Å². The van der Waals surface area contributed by atoms with Crippen LogP contribution in [0, 0.1) is 0 Å². The van der Waals surface area contributed by atoms with Crippen LogP contribution in [0.5, 0.6) is 0 Å². The Morgan fingerprint density at radius 1 is 1.17 bits per heavy atom. The lowest BCUT2D eigenvalue weighted by Gasteiger charge is -2.26. The molecule has 1 aliphatic rings. The third-order valence-corrected chi connectivity index (χ3v) is 3.66. The maximum atomic E-state index is 11.6. The number of benzene rings is 1. The number of anilines is 1. The number of halogens is 2. The molecule has 5 nitrogen and oxygen atoms in total. The fourth-order valence-corrected chi connectivity index (χ4v) is 2.33. The summed E-state index contributed by atoms with van der Waals surface area (Å²) in [4.78, 5) is 14.0. The molecule has 7 heteroatoms.